The third-order valence-electron chi connectivity index (χ3n) is 3.29. The second kappa shape index (κ2) is 6.17. The van der Waals surface area contributed by atoms with Gasteiger partial charge in [0.15, 0.2) is 0 Å². The Kier molecular flexibility index (Phi) is 4.94. The Labute approximate surface area is 130 Å². The van der Waals surface area contributed by atoms with Crippen LogP contribution in [-0.2, 0) is 4.74 Å². The van der Waals surface area contributed by atoms with Crippen molar-refractivity contribution in [3.8, 4) is 5.75 Å². The lowest BCUT2D eigenvalue weighted by Gasteiger charge is -2.43. The molecule has 1 heterocycles. The molecule has 1 aromatic carbocycles. The number of aliphatic hydroxyl groups excluding tert-OH is 2. The Morgan fingerprint density at radius 1 is 1.55 bits per heavy atom. The number of hydrogen-bond donors (Lipinski definition) is 3. The van der Waals surface area contributed by atoms with Crippen molar-refractivity contribution in [2.24, 2.45) is 0 Å². The Morgan fingerprint density at radius 2 is 2.25 bits per heavy atom. The minimum Gasteiger partial charge on any atom is -0.460 e. The molecular weight excluding hydrogens is 351 g/mol. The molecule has 0 aliphatic carbocycles. The lowest BCUT2D eigenvalue weighted by molar-refractivity contribution is -0.283. The van der Waals surface area contributed by atoms with Crippen LogP contribution >= 0.6 is 27.5 Å². The summed E-state index contributed by atoms with van der Waals surface area (Å²) in [6.45, 7) is 1.16. The topological polar surface area (TPSA) is 79.2 Å². The summed E-state index contributed by atoms with van der Waals surface area (Å²) >= 11 is 9.32. The predicted molar refractivity (Wildman–Crippen MR) is 76.8 cm³/mol. The van der Waals surface area contributed by atoms with Gasteiger partial charge in [-0.2, -0.15) is 0 Å². The molecule has 1 aliphatic rings. The standard InChI is InChI=1S/C13H16BrClO5/c1-13(18)11(17)5-8(6-16)19-12(13)20-10-3-2-7(14)4-9(10)15/h2-4,8,11-12,16-18H,5-6H2,1H3/t8-,11-,12+,13-/m0/s1. The van der Waals surface area contributed by atoms with Crippen molar-refractivity contribution in [2.45, 2.75) is 37.4 Å². The maximum absolute atomic E-state index is 10.3. The molecule has 112 valence electrons. The van der Waals surface area contributed by atoms with Crippen molar-refractivity contribution in [1.29, 1.82) is 0 Å². The molecule has 0 radical (unpaired) electrons. The largest absolute Gasteiger partial charge is 0.460 e. The number of aliphatic hydroxyl groups is 3. The van der Waals surface area contributed by atoms with Gasteiger partial charge in [-0.25, -0.2) is 0 Å². The summed E-state index contributed by atoms with van der Waals surface area (Å²) in [6.07, 6.45) is -2.64. The summed E-state index contributed by atoms with van der Waals surface area (Å²) in [5, 5.41) is 29.7. The summed E-state index contributed by atoms with van der Waals surface area (Å²) in [4.78, 5) is 0. The van der Waals surface area contributed by atoms with Gasteiger partial charge in [-0.15, -0.1) is 0 Å². The van der Waals surface area contributed by atoms with E-state index in [1.165, 1.54) is 6.92 Å². The molecule has 1 saturated heterocycles. The molecule has 0 spiro atoms. The fourth-order valence-corrected chi connectivity index (χ4v) is 2.68. The number of halogens is 2. The molecule has 0 amide bonds. The fourth-order valence-electron chi connectivity index (χ4n) is 1.96. The molecule has 5 nitrogen and oxygen atoms in total. The zero-order valence-corrected chi connectivity index (χ0v) is 13.1. The van der Waals surface area contributed by atoms with Gasteiger partial charge >= 0.3 is 0 Å². The molecule has 3 N–H and O–H groups in total. The van der Waals surface area contributed by atoms with Crippen LogP contribution in [0.5, 0.6) is 5.75 Å². The van der Waals surface area contributed by atoms with E-state index in [0.717, 1.165) is 4.47 Å². The van der Waals surface area contributed by atoms with Crippen LogP contribution in [-0.4, -0.2) is 46.0 Å². The third kappa shape index (κ3) is 3.27. The Morgan fingerprint density at radius 3 is 2.85 bits per heavy atom. The van der Waals surface area contributed by atoms with Crippen molar-refractivity contribution in [1.82, 2.24) is 0 Å². The van der Waals surface area contributed by atoms with E-state index < -0.39 is 24.1 Å². The highest BCUT2D eigenvalue weighted by Crippen LogP contribution is 2.34. The van der Waals surface area contributed by atoms with E-state index in [2.05, 4.69) is 15.9 Å². The van der Waals surface area contributed by atoms with Crippen LogP contribution in [0.15, 0.2) is 22.7 Å². The van der Waals surface area contributed by atoms with E-state index >= 15 is 0 Å². The molecular formula is C13H16BrClO5. The van der Waals surface area contributed by atoms with Crippen molar-refractivity contribution in [2.75, 3.05) is 6.61 Å². The van der Waals surface area contributed by atoms with Gasteiger partial charge < -0.3 is 24.8 Å². The highest BCUT2D eigenvalue weighted by molar-refractivity contribution is 9.10. The van der Waals surface area contributed by atoms with Crippen molar-refractivity contribution >= 4 is 27.5 Å². The van der Waals surface area contributed by atoms with Crippen LogP contribution in [0.2, 0.25) is 5.02 Å². The van der Waals surface area contributed by atoms with E-state index in [1.54, 1.807) is 18.2 Å². The Balaban J connectivity index is 2.20. The van der Waals surface area contributed by atoms with Crippen molar-refractivity contribution in [3.63, 3.8) is 0 Å². The molecule has 4 atom stereocenters. The maximum atomic E-state index is 10.3. The number of rotatable bonds is 3. The van der Waals surface area contributed by atoms with Gasteiger partial charge in [0, 0.05) is 10.9 Å². The predicted octanol–water partition coefficient (Wildman–Crippen LogP) is 1.70. The van der Waals surface area contributed by atoms with Crippen molar-refractivity contribution < 1.29 is 24.8 Å². The van der Waals surface area contributed by atoms with Crippen molar-refractivity contribution in [3.05, 3.63) is 27.7 Å². The second-order valence-electron chi connectivity index (χ2n) is 4.94. The number of ether oxygens (including phenoxy) is 2. The van der Waals surface area contributed by atoms with Crippen LogP contribution in [0.3, 0.4) is 0 Å². The monoisotopic (exact) mass is 366 g/mol. The zero-order chi connectivity index (χ0) is 14.9. The van der Waals surface area contributed by atoms with Gasteiger partial charge in [-0.3, -0.25) is 0 Å². The first-order valence-electron chi connectivity index (χ1n) is 6.13. The average Bonchev–Trinajstić information content (AvgIpc) is 2.38. The lowest BCUT2D eigenvalue weighted by Crippen LogP contribution is -2.60. The summed E-state index contributed by atoms with van der Waals surface area (Å²) in [5.74, 6) is 0.325. The highest BCUT2D eigenvalue weighted by atomic mass is 79.9. The molecule has 7 heteroatoms. The van der Waals surface area contributed by atoms with Gasteiger partial charge in [-0.1, -0.05) is 27.5 Å². The van der Waals surface area contributed by atoms with E-state index in [1.807, 2.05) is 0 Å². The zero-order valence-electron chi connectivity index (χ0n) is 10.8. The average molecular weight is 368 g/mol. The van der Waals surface area contributed by atoms with Crippen LogP contribution < -0.4 is 4.74 Å². The summed E-state index contributed by atoms with van der Waals surface area (Å²) in [5.41, 5.74) is -1.60. The molecule has 1 aromatic rings. The first-order valence-corrected chi connectivity index (χ1v) is 7.30. The van der Waals surface area contributed by atoms with Gasteiger partial charge in [0.25, 0.3) is 0 Å². The molecule has 0 aromatic heterocycles. The molecule has 1 aliphatic heterocycles. The number of benzene rings is 1. The molecule has 2 rings (SSSR count). The van der Waals surface area contributed by atoms with E-state index in [-0.39, 0.29) is 13.0 Å². The van der Waals surface area contributed by atoms with Crippen LogP contribution in [0.4, 0.5) is 0 Å². The summed E-state index contributed by atoms with van der Waals surface area (Å²) in [7, 11) is 0. The molecule has 0 unspecified atom stereocenters. The fraction of sp³-hybridized carbons (Fsp3) is 0.538. The number of hydrogen-bond acceptors (Lipinski definition) is 5. The van der Waals surface area contributed by atoms with Gasteiger partial charge in [0.1, 0.15) is 11.4 Å². The van der Waals surface area contributed by atoms with Crippen LogP contribution in [0.25, 0.3) is 0 Å². The van der Waals surface area contributed by atoms with Crippen LogP contribution in [0, 0.1) is 0 Å². The second-order valence-corrected chi connectivity index (χ2v) is 6.27. The lowest BCUT2D eigenvalue weighted by atomic mass is 9.90. The van der Waals surface area contributed by atoms with Gasteiger partial charge in [0.2, 0.25) is 6.29 Å². The third-order valence-corrected chi connectivity index (χ3v) is 4.07. The quantitative estimate of drug-likeness (QED) is 0.758. The van der Waals surface area contributed by atoms with E-state index in [9.17, 15) is 10.2 Å². The smallest absolute Gasteiger partial charge is 0.231 e. The molecule has 1 fully saturated rings. The highest BCUT2D eigenvalue weighted by Gasteiger charge is 2.48. The summed E-state index contributed by atoms with van der Waals surface area (Å²) < 4.78 is 11.8. The Bertz CT molecular complexity index is 482. The first-order chi connectivity index (χ1) is 9.34. The molecule has 0 bridgehead atoms. The van der Waals surface area contributed by atoms with E-state index in [4.69, 9.17) is 26.2 Å². The first kappa shape index (κ1) is 16.0. The maximum Gasteiger partial charge on any atom is 0.231 e. The van der Waals surface area contributed by atoms with Gasteiger partial charge in [0.05, 0.1) is 23.8 Å². The minimum absolute atomic E-state index is 0.136. The Hall–Kier alpha value is -0.370. The SMILES string of the molecule is C[C@@]1(O)[C@@H](Oc2ccc(Br)cc2Cl)O[C@H](CO)C[C@@H]1O. The molecule has 0 saturated carbocycles. The van der Waals surface area contributed by atoms with Gasteiger partial charge in [-0.05, 0) is 25.1 Å². The van der Waals surface area contributed by atoms with Crippen LogP contribution in [0.1, 0.15) is 13.3 Å². The molecule has 20 heavy (non-hydrogen) atoms. The minimum atomic E-state index is -1.60. The summed E-state index contributed by atoms with van der Waals surface area (Å²) in [6, 6.07) is 5.01. The van der Waals surface area contributed by atoms with E-state index in [0.29, 0.717) is 10.8 Å². The normalized spacial score (nSPS) is 34.0.